The second-order valence-electron chi connectivity index (χ2n) is 4.98. The van der Waals surface area contributed by atoms with Crippen molar-refractivity contribution >= 4 is 0 Å². The number of hydrogen-bond donors (Lipinski definition) is 2. The zero-order valence-electron chi connectivity index (χ0n) is 10.9. The van der Waals surface area contributed by atoms with Gasteiger partial charge in [-0.25, -0.2) is 0 Å². The molecule has 1 rings (SSSR count). The molecule has 0 saturated carbocycles. The zero-order chi connectivity index (χ0) is 12.0. The third-order valence-corrected chi connectivity index (χ3v) is 3.36. The molecule has 4 nitrogen and oxygen atoms in total. The Morgan fingerprint density at radius 2 is 2.12 bits per heavy atom. The Morgan fingerprint density at radius 3 is 2.69 bits per heavy atom. The Bertz CT molecular complexity index is 184. The van der Waals surface area contributed by atoms with Crippen LogP contribution in [0.5, 0.6) is 0 Å². The van der Waals surface area contributed by atoms with Crippen LogP contribution >= 0.6 is 0 Å². The van der Waals surface area contributed by atoms with Crippen molar-refractivity contribution in [2.75, 3.05) is 39.3 Å². The summed E-state index contributed by atoms with van der Waals surface area (Å²) in [7, 11) is 0. The molecule has 1 saturated heterocycles. The maximum Gasteiger partial charge on any atom is 0.0221 e. The SMILES string of the molecule is CCC1CN(CCCN)CCN1CC(C)N. The molecule has 96 valence electrons. The van der Waals surface area contributed by atoms with Crippen molar-refractivity contribution in [3.05, 3.63) is 0 Å². The van der Waals surface area contributed by atoms with Gasteiger partial charge >= 0.3 is 0 Å². The van der Waals surface area contributed by atoms with Gasteiger partial charge in [0.1, 0.15) is 0 Å². The van der Waals surface area contributed by atoms with Crippen molar-refractivity contribution in [1.82, 2.24) is 9.80 Å². The predicted molar refractivity (Wildman–Crippen MR) is 69.4 cm³/mol. The normalized spacial score (nSPS) is 25.9. The van der Waals surface area contributed by atoms with E-state index >= 15 is 0 Å². The fraction of sp³-hybridized carbons (Fsp3) is 1.00. The van der Waals surface area contributed by atoms with Crippen molar-refractivity contribution in [2.24, 2.45) is 11.5 Å². The molecule has 0 amide bonds. The molecule has 4 N–H and O–H groups in total. The lowest BCUT2D eigenvalue weighted by Gasteiger charge is -2.42. The summed E-state index contributed by atoms with van der Waals surface area (Å²) in [5, 5.41) is 0. The lowest BCUT2D eigenvalue weighted by molar-refractivity contribution is 0.0685. The Balaban J connectivity index is 2.37. The summed E-state index contributed by atoms with van der Waals surface area (Å²) < 4.78 is 0. The van der Waals surface area contributed by atoms with Gasteiger partial charge in [-0.3, -0.25) is 4.90 Å². The van der Waals surface area contributed by atoms with Crippen LogP contribution in [-0.4, -0.2) is 61.2 Å². The number of nitrogens with two attached hydrogens (primary N) is 2. The first kappa shape index (κ1) is 13.9. The Hall–Kier alpha value is -0.160. The van der Waals surface area contributed by atoms with Crippen LogP contribution in [0, 0.1) is 0 Å². The highest BCUT2D eigenvalue weighted by molar-refractivity contribution is 4.82. The highest BCUT2D eigenvalue weighted by Gasteiger charge is 2.25. The lowest BCUT2D eigenvalue weighted by Crippen LogP contribution is -2.55. The molecular weight excluding hydrogens is 200 g/mol. The zero-order valence-corrected chi connectivity index (χ0v) is 10.9. The van der Waals surface area contributed by atoms with E-state index in [-0.39, 0.29) is 6.04 Å². The summed E-state index contributed by atoms with van der Waals surface area (Å²) in [6, 6.07) is 0.960. The van der Waals surface area contributed by atoms with Crippen LogP contribution in [0.1, 0.15) is 26.7 Å². The predicted octanol–water partition coefficient (Wildman–Crippen LogP) is 0.0786. The maximum atomic E-state index is 5.88. The van der Waals surface area contributed by atoms with Gasteiger partial charge in [-0.1, -0.05) is 6.92 Å². The highest BCUT2D eigenvalue weighted by atomic mass is 15.3. The lowest BCUT2D eigenvalue weighted by atomic mass is 10.1. The Kier molecular flexibility index (Phi) is 6.28. The quantitative estimate of drug-likeness (QED) is 0.676. The van der Waals surface area contributed by atoms with Gasteiger partial charge in [0.2, 0.25) is 0 Å². The van der Waals surface area contributed by atoms with E-state index in [4.69, 9.17) is 11.5 Å². The van der Waals surface area contributed by atoms with E-state index in [9.17, 15) is 0 Å². The molecule has 0 aliphatic carbocycles. The molecule has 16 heavy (non-hydrogen) atoms. The number of hydrogen-bond acceptors (Lipinski definition) is 4. The van der Waals surface area contributed by atoms with Crippen LogP contribution in [0.2, 0.25) is 0 Å². The van der Waals surface area contributed by atoms with Crippen LogP contribution in [-0.2, 0) is 0 Å². The monoisotopic (exact) mass is 228 g/mol. The van der Waals surface area contributed by atoms with Crippen molar-refractivity contribution in [3.8, 4) is 0 Å². The van der Waals surface area contributed by atoms with E-state index in [0.29, 0.717) is 6.04 Å². The molecule has 1 aliphatic rings. The molecule has 0 aromatic carbocycles. The van der Waals surface area contributed by atoms with Gasteiger partial charge in [0.05, 0.1) is 0 Å². The number of piperazine rings is 1. The second-order valence-corrected chi connectivity index (χ2v) is 4.98. The minimum atomic E-state index is 0.282. The van der Waals surface area contributed by atoms with E-state index in [1.807, 2.05) is 0 Å². The highest BCUT2D eigenvalue weighted by Crippen LogP contribution is 2.13. The molecule has 4 heteroatoms. The third-order valence-electron chi connectivity index (χ3n) is 3.36. The van der Waals surface area contributed by atoms with E-state index in [1.165, 1.54) is 19.5 Å². The van der Waals surface area contributed by atoms with Gasteiger partial charge in [0, 0.05) is 38.3 Å². The van der Waals surface area contributed by atoms with E-state index in [1.54, 1.807) is 0 Å². The molecule has 0 radical (unpaired) electrons. The van der Waals surface area contributed by atoms with Gasteiger partial charge in [0.15, 0.2) is 0 Å². The van der Waals surface area contributed by atoms with Crippen LogP contribution < -0.4 is 11.5 Å². The van der Waals surface area contributed by atoms with E-state index < -0.39 is 0 Å². The molecule has 0 spiro atoms. The van der Waals surface area contributed by atoms with Gasteiger partial charge in [-0.15, -0.1) is 0 Å². The standard InChI is InChI=1S/C12H28N4/c1-3-12-10-15(6-4-5-13)7-8-16(12)9-11(2)14/h11-12H,3-10,13-14H2,1-2H3. The molecule has 0 aromatic heterocycles. The van der Waals surface area contributed by atoms with Crippen molar-refractivity contribution in [3.63, 3.8) is 0 Å². The first-order chi connectivity index (χ1) is 7.67. The van der Waals surface area contributed by atoms with Crippen molar-refractivity contribution in [1.29, 1.82) is 0 Å². The fourth-order valence-electron chi connectivity index (χ4n) is 2.47. The van der Waals surface area contributed by atoms with Crippen molar-refractivity contribution in [2.45, 2.75) is 38.8 Å². The molecule has 1 aliphatic heterocycles. The Morgan fingerprint density at radius 1 is 1.38 bits per heavy atom. The largest absolute Gasteiger partial charge is 0.330 e. The fourth-order valence-corrected chi connectivity index (χ4v) is 2.47. The molecule has 2 unspecified atom stereocenters. The first-order valence-corrected chi connectivity index (χ1v) is 6.59. The van der Waals surface area contributed by atoms with E-state index in [2.05, 4.69) is 23.6 Å². The Labute approximate surface area is 99.9 Å². The van der Waals surface area contributed by atoms with Crippen LogP contribution in [0.3, 0.4) is 0 Å². The minimum absolute atomic E-state index is 0.282. The van der Waals surface area contributed by atoms with Gasteiger partial charge in [0.25, 0.3) is 0 Å². The summed E-state index contributed by atoms with van der Waals surface area (Å²) in [4.78, 5) is 5.09. The summed E-state index contributed by atoms with van der Waals surface area (Å²) >= 11 is 0. The average Bonchev–Trinajstić information content (AvgIpc) is 2.27. The van der Waals surface area contributed by atoms with Crippen molar-refractivity contribution < 1.29 is 0 Å². The summed E-state index contributed by atoms with van der Waals surface area (Å²) in [6.07, 6.45) is 2.33. The summed E-state index contributed by atoms with van der Waals surface area (Å²) in [5.74, 6) is 0. The number of rotatable bonds is 6. The maximum absolute atomic E-state index is 5.88. The molecular formula is C12H28N4. The van der Waals surface area contributed by atoms with Gasteiger partial charge < -0.3 is 16.4 Å². The molecule has 1 heterocycles. The van der Waals surface area contributed by atoms with Gasteiger partial charge in [-0.05, 0) is 32.9 Å². The number of nitrogens with zero attached hydrogens (tertiary/aromatic N) is 2. The summed E-state index contributed by atoms with van der Waals surface area (Å²) in [5.41, 5.74) is 11.4. The first-order valence-electron chi connectivity index (χ1n) is 6.59. The minimum Gasteiger partial charge on any atom is -0.330 e. The molecule has 0 aromatic rings. The van der Waals surface area contributed by atoms with Crippen LogP contribution in [0.4, 0.5) is 0 Å². The average molecular weight is 228 g/mol. The molecule has 0 bridgehead atoms. The summed E-state index contributed by atoms with van der Waals surface area (Å²) in [6.45, 7) is 10.9. The smallest absolute Gasteiger partial charge is 0.0221 e. The second kappa shape index (κ2) is 7.22. The van der Waals surface area contributed by atoms with Gasteiger partial charge in [-0.2, -0.15) is 0 Å². The molecule has 2 atom stereocenters. The van der Waals surface area contributed by atoms with Crippen LogP contribution in [0.15, 0.2) is 0 Å². The topological polar surface area (TPSA) is 58.5 Å². The molecule has 1 fully saturated rings. The third kappa shape index (κ3) is 4.37. The van der Waals surface area contributed by atoms with Crippen LogP contribution in [0.25, 0.3) is 0 Å². The van der Waals surface area contributed by atoms with E-state index in [0.717, 1.165) is 32.6 Å².